The topological polar surface area (TPSA) is 20.2 Å². The van der Waals surface area contributed by atoms with E-state index in [1.54, 1.807) is 12.2 Å². The van der Waals surface area contributed by atoms with Gasteiger partial charge in [0.05, 0.1) is 6.10 Å². The van der Waals surface area contributed by atoms with E-state index in [1.165, 1.54) is 0 Å². The van der Waals surface area contributed by atoms with Crippen molar-refractivity contribution in [1.29, 1.82) is 0 Å². The Balaban J connectivity index is 3.47. The summed E-state index contributed by atoms with van der Waals surface area (Å²) in [6.45, 7) is 7.39. The van der Waals surface area contributed by atoms with Crippen molar-refractivity contribution in [2.45, 2.75) is 20.0 Å². The van der Waals surface area contributed by atoms with Crippen LogP contribution in [0.2, 0.25) is 0 Å². The van der Waals surface area contributed by atoms with E-state index in [2.05, 4.69) is 6.92 Å². The zero-order valence-electron chi connectivity index (χ0n) is 5.46. The molecule has 0 bridgehead atoms. The van der Waals surface area contributed by atoms with E-state index >= 15 is 0 Å². The lowest BCUT2D eigenvalue weighted by Crippen LogP contribution is -2.10. The lowest BCUT2D eigenvalue weighted by Gasteiger charge is -2.07. The van der Waals surface area contributed by atoms with E-state index in [-0.39, 0.29) is 6.10 Å². The molecule has 0 aliphatic heterocycles. The highest BCUT2D eigenvalue weighted by molar-refractivity contribution is 4.91. The number of hydrogen-bond donors (Lipinski definition) is 1. The largest absolute Gasteiger partial charge is 0.389 e. The molecule has 0 aliphatic rings. The Bertz CT molecular complexity index is 74.5. The van der Waals surface area contributed by atoms with Crippen molar-refractivity contribution in [3.05, 3.63) is 19.1 Å². The van der Waals surface area contributed by atoms with Crippen LogP contribution in [0, 0.1) is 12.8 Å². The monoisotopic (exact) mass is 113 g/mol. The lowest BCUT2D eigenvalue weighted by molar-refractivity contribution is 0.172. The number of aliphatic hydroxyl groups is 1. The first-order chi connectivity index (χ1) is 3.68. The molecule has 0 saturated heterocycles. The van der Waals surface area contributed by atoms with Gasteiger partial charge in [0.25, 0.3) is 0 Å². The molecule has 8 heavy (non-hydrogen) atoms. The van der Waals surface area contributed by atoms with Crippen LogP contribution in [-0.4, -0.2) is 11.2 Å². The highest BCUT2D eigenvalue weighted by Crippen LogP contribution is 2.00. The molecule has 0 spiro atoms. The van der Waals surface area contributed by atoms with Crippen LogP contribution in [0.3, 0.4) is 0 Å². The normalized spacial score (nSPS) is 15.6. The second-order valence-corrected chi connectivity index (χ2v) is 2.16. The first kappa shape index (κ1) is 7.70. The molecule has 0 aromatic carbocycles. The fourth-order valence-corrected chi connectivity index (χ4v) is 0.362. The van der Waals surface area contributed by atoms with Gasteiger partial charge < -0.3 is 5.11 Å². The fourth-order valence-electron chi connectivity index (χ4n) is 0.362. The van der Waals surface area contributed by atoms with E-state index in [0.717, 1.165) is 0 Å². The van der Waals surface area contributed by atoms with Gasteiger partial charge in [0.15, 0.2) is 0 Å². The van der Waals surface area contributed by atoms with Gasteiger partial charge in [-0.2, -0.15) is 0 Å². The maximum Gasteiger partial charge on any atom is 0.0743 e. The molecule has 0 amide bonds. The number of aliphatic hydroxyl groups excluding tert-OH is 1. The Morgan fingerprint density at radius 2 is 2.00 bits per heavy atom. The molecule has 1 nitrogen and oxygen atoms in total. The fraction of sp³-hybridized carbons (Fsp3) is 0.571. The summed E-state index contributed by atoms with van der Waals surface area (Å²) in [6, 6.07) is 0. The Morgan fingerprint density at radius 1 is 1.50 bits per heavy atom. The molecule has 1 atom stereocenters. The SMILES string of the molecule is [CH2]/C=C/C(O)C(C)C. The van der Waals surface area contributed by atoms with Crippen molar-refractivity contribution < 1.29 is 5.11 Å². The third-order valence-corrected chi connectivity index (χ3v) is 1.02. The Kier molecular flexibility index (Phi) is 3.53. The molecule has 0 aromatic rings. The molecule has 0 heterocycles. The average Bonchev–Trinajstić information content (AvgIpc) is 1.67. The van der Waals surface area contributed by atoms with Crippen molar-refractivity contribution in [1.82, 2.24) is 0 Å². The van der Waals surface area contributed by atoms with Crippen LogP contribution in [-0.2, 0) is 0 Å². The summed E-state index contributed by atoms with van der Waals surface area (Å²) < 4.78 is 0. The summed E-state index contributed by atoms with van der Waals surface area (Å²) in [6.07, 6.45) is 2.97. The molecule has 1 heteroatoms. The Morgan fingerprint density at radius 3 is 2.12 bits per heavy atom. The highest BCUT2D eigenvalue weighted by atomic mass is 16.3. The third-order valence-electron chi connectivity index (χ3n) is 1.02. The van der Waals surface area contributed by atoms with Gasteiger partial charge in [0.1, 0.15) is 0 Å². The molecule has 0 rings (SSSR count). The minimum absolute atomic E-state index is 0.299. The summed E-state index contributed by atoms with van der Waals surface area (Å²) in [5, 5.41) is 9.00. The van der Waals surface area contributed by atoms with Crippen molar-refractivity contribution in [2.75, 3.05) is 0 Å². The first-order valence-electron chi connectivity index (χ1n) is 2.82. The first-order valence-corrected chi connectivity index (χ1v) is 2.82. The minimum atomic E-state index is -0.326. The summed E-state index contributed by atoms with van der Waals surface area (Å²) in [7, 11) is 0. The van der Waals surface area contributed by atoms with Gasteiger partial charge in [-0.15, -0.1) is 0 Å². The van der Waals surface area contributed by atoms with Crippen molar-refractivity contribution >= 4 is 0 Å². The predicted octanol–water partition coefficient (Wildman–Crippen LogP) is 1.39. The summed E-state index contributed by atoms with van der Waals surface area (Å²) >= 11 is 0. The maximum absolute atomic E-state index is 9.00. The molecular weight excluding hydrogens is 100 g/mol. The molecule has 0 saturated carbocycles. The lowest BCUT2D eigenvalue weighted by atomic mass is 10.1. The van der Waals surface area contributed by atoms with Crippen LogP contribution < -0.4 is 0 Å². The standard InChI is InChI=1S/C7H13O/c1-4-5-7(8)6(2)3/h4-8H,1H2,2-3H3/b5-4+. The summed E-state index contributed by atoms with van der Waals surface area (Å²) in [5.74, 6) is 0.299. The van der Waals surface area contributed by atoms with Gasteiger partial charge in [-0.05, 0) is 12.8 Å². The highest BCUT2D eigenvalue weighted by Gasteiger charge is 2.01. The quantitative estimate of drug-likeness (QED) is 0.573. The molecule has 0 aliphatic carbocycles. The van der Waals surface area contributed by atoms with Crippen molar-refractivity contribution in [2.24, 2.45) is 5.92 Å². The molecular formula is C7H13O. The Hall–Kier alpha value is -0.300. The molecule has 0 aromatic heterocycles. The second-order valence-electron chi connectivity index (χ2n) is 2.16. The van der Waals surface area contributed by atoms with Crippen LogP contribution in [0.4, 0.5) is 0 Å². The Labute approximate surface area is 51.0 Å². The molecule has 0 fully saturated rings. The molecule has 47 valence electrons. The zero-order chi connectivity index (χ0) is 6.57. The minimum Gasteiger partial charge on any atom is -0.389 e. The van der Waals surface area contributed by atoms with Crippen molar-refractivity contribution in [3.63, 3.8) is 0 Å². The molecule has 1 unspecified atom stereocenters. The van der Waals surface area contributed by atoms with E-state index in [9.17, 15) is 0 Å². The van der Waals surface area contributed by atoms with Crippen LogP contribution in [0.5, 0.6) is 0 Å². The number of hydrogen-bond acceptors (Lipinski definition) is 1. The average molecular weight is 113 g/mol. The molecule has 1 radical (unpaired) electrons. The smallest absolute Gasteiger partial charge is 0.0743 e. The van der Waals surface area contributed by atoms with Crippen molar-refractivity contribution in [3.8, 4) is 0 Å². The van der Waals surface area contributed by atoms with Crippen LogP contribution in [0.25, 0.3) is 0 Å². The van der Waals surface area contributed by atoms with Crippen LogP contribution >= 0.6 is 0 Å². The summed E-state index contributed by atoms with van der Waals surface area (Å²) in [4.78, 5) is 0. The predicted molar refractivity (Wildman–Crippen MR) is 35.3 cm³/mol. The number of allylic oxidation sites excluding steroid dienone is 1. The van der Waals surface area contributed by atoms with Gasteiger partial charge >= 0.3 is 0 Å². The second kappa shape index (κ2) is 3.67. The van der Waals surface area contributed by atoms with Gasteiger partial charge in [-0.3, -0.25) is 0 Å². The van der Waals surface area contributed by atoms with Gasteiger partial charge in [-0.1, -0.05) is 26.0 Å². The molecule has 1 N–H and O–H groups in total. The van der Waals surface area contributed by atoms with Crippen LogP contribution in [0.15, 0.2) is 12.2 Å². The van der Waals surface area contributed by atoms with Gasteiger partial charge in [0, 0.05) is 0 Å². The zero-order valence-corrected chi connectivity index (χ0v) is 5.46. The third kappa shape index (κ3) is 2.80. The van der Waals surface area contributed by atoms with Gasteiger partial charge in [0.2, 0.25) is 0 Å². The van der Waals surface area contributed by atoms with E-state index < -0.39 is 0 Å². The van der Waals surface area contributed by atoms with Crippen LogP contribution in [0.1, 0.15) is 13.8 Å². The maximum atomic E-state index is 9.00. The number of rotatable bonds is 2. The van der Waals surface area contributed by atoms with E-state index in [4.69, 9.17) is 5.11 Å². The van der Waals surface area contributed by atoms with E-state index in [0.29, 0.717) is 5.92 Å². The summed E-state index contributed by atoms with van der Waals surface area (Å²) in [5.41, 5.74) is 0. The van der Waals surface area contributed by atoms with E-state index in [1.807, 2.05) is 13.8 Å². The van der Waals surface area contributed by atoms with Gasteiger partial charge in [-0.25, -0.2) is 0 Å².